The molecule has 0 saturated heterocycles. The van der Waals surface area contributed by atoms with Crippen molar-refractivity contribution < 1.29 is 9.47 Å². The van der Waals surface area contributed by atoms with Gasteiger partial charge in [-0.1, -0.05) is 32.8 Å². The quantitative estimate of drug-likeness (QED) is 0.495. The van der Waals surface area contributed by atoms with Crippen molar-refractivity contribution in [2.75, 3.05) is 13.2 Å². The molecule has 0 aliphatic rings. The molecule has 0 bridgehead atoms. The van der Waals surface area contributed by atoms with Crippen molar-refractivity contribution in [3.8, 4) is 11.5 Å². The second-order valence-corrected chi connectivity index (χ2v) is 5.78. The van der Waals surface area contributed by atoms with Crippen LogP contribution in [-0.2, 0) is 0 Å². The summed E-state index contributed by atoms with van der Waals surface area (Å²) in [6, 6.07) is 6.10. The summed E-state index contributed by atoms with van der Waals surface area (Å²) in [7, 11) is 0. The van der Waals surface area contributed by atoms with Crippen molar-refractivity contribution in [2.45, 2.75) is 58.8 Å². The molecule has 0 fully saturated rings. The highest BCUT2D eigenvalue weighted by molar-refractivity contribution is 6.21. The maximum Gasteiger partial charge on any atom is 0.161 e. The average molecular weight is 313 g/mol. The Morgan fingerprint density at radius 3 is 2.00 bits per heavy atom. The molecule has 0 heterocycles. The molecule has 0 amide bonds. The molecule has 120 valence electrons. The molecule has 1 aromatic rings. The SMILES string of the molecule is CCCC(CCC)C(Cl)c1ccc(OCC)c(OCC)c1. The zero-order valence-electron chi connectivity index (χ0n) is 13.8. The molecule has 0 aliphatic carbocycles. The lowest BCUT2D eigenvalue weighted by Crippen LogP contribution is -2.09. The molecular weight excluding hydrogens is 284 g/mol. The standard InChI is InChI=1S/C18H29ClO2/c1-5-9-14(10-6-2)18(19)15-11-12-16(20-7-3)17(13-15)21-8-4/h11-14,18H,5-10H2,1-4H3. The van der Waals surface area contributed by atoms with Crippen LogP contribution in [0.5, 0.6) is 11.5 Å². The molecule has 0 N–H and O–H groups in total. The zero-order chi connectivity index (χ0) is 15.7. The van der Waals surface area contributed by atoms with E-state index in [-0.39, 0.29) is 5.38 Å². The van der Waals surface area contributed by atoms with E-state index in [4.69, 9.17) is 21.1 Å². The van der Waals surface area contributed by atoms with E-state index in [0.29, 0.717) is 19.1 Å². The zero-order valence-corrected chi connectivity index (χ0v) is 14.6. The van der Waals surface area contributed by atoms with Gasteiger partial charge in [0.15, 0.2) is 11.5 Å². The fourth-order valence-corrected chi connectivity index (χ4v) is 3.08. The summed E-state index contributed by atoms with van der Waals surface area (Å²) in [5.74, 6) is 2.12. The van der Waals surface area contributed by atoms with Gasteiger partial charge in [-0.05, 0) is 50.3 Å². The van der Waals surface area contributed by atoms with E-state index < -0.39 is 0 Å². The van der Waals surface area contributed by atoms with E-state index in [1.807, 2.05) is 26.0 Å². The highest BCUT2D eigenvalue weighted by Gasteiger charge is 2.21. The Labute approximate surface area is 134 Å². The maximum absolute atomic E-state index is 6.73. The highest BCUT2D eigenvalue weighted by atomic mass is 35.5. The molecule has 1 atom stereocenters. The fraction of sp³-hybridized carbons (Fsp3) is 0.667. The summed E-state index contributed by atoms with van der Waals surface area (Å²) in [5.41, 5.74) is 1.13. The van der Waals surface area contributed by atoms with Gasteiger partial charge in [-0.2, -0.15) is 0 Å². The molecule has 1 aromatic carbocycles. The number of benzene rings is 1. The van der Waals surface area contributed by atoms with E-state index in [2.05, 4.69) is 19.9 Å². The van der Waals surface area contributed by atoms with Crippen molar-refractivity contribution in [3.05, 3.63) is 23.8 Å². The Balaban J connectivity index is 2.96. The first-order chi connectivity index (χ1) is 10.2. The van der Waals surface area contributed by atoms with Gasteiger partial charge in [-0.15, -0.1) is 11.6 Å². The number of hydrogen-bond acceptors (Lipinski definition) is 2. The largest absolute Gasteiger partial charge is 0.490 e. The Morgan fingerprint density at radius 1 is 0.905 bits per heavy atom. The molecule has 0 saturated carbocycles. The molecule has 0 spiro atoms. The molecule has 1 rings (SSSR count). The van der Waals surface area contributed by atoms with Crippen molar-refractivity contribution >= 4 is 11.6 Å². The molecule has 3 heteroatoms. The number of alkyl halides is 1. The first-order valence-electron chi connectivity index (χ1n) is 8.21. The summed E-state index contributed by atoms with van der Waals surface area (Å²) in [6.07, 6.45) is 4.67. The van der Waals surface area contributed by atoms with Crippen LogP contribution in [0.15, 0.2) is 18.2 Å². The van der Waals surface area contributed by atoms with E-state index in [9.17, 15) is 0 Å². The number of rotatable bonds is 10. The van der Waals surface area contributed by atoms with E-state index >= 15 is 0 Å². The van der Waals surface area contributed by atoms with Gasteiger partial charge in [0.05, 0.1) is 18.6 Å². The van der Waals surface area contributed by atoms with Gasteiger partial charge in [-0.25, -0.2) is 0 Å². The van der Waals surface area contributed by atoms with Crippen LogP contribution in [0.25, 0.3) is 0 Å². The van der Waals surface area contributed by atoms with Crippen LogP contribution in [0.1, 0.15) is 64.3 Å². The number of halogens is 1. The molecule has 0 aromatic heterocycles. The molecule has 0 aliphatic heterocycles. The van der Waals surface area contributed by atoms with Crippen LogP contribution < -0.4 is 9.47 Å². The van der Waals surface area contributed by atoms with Gasteiger partial charge < -0.3 is 9.47 Å². The van der Waals surface area contributed by atoms with Crippen LogP contribution >= 0.6 is 11.6 Å². The predicted molar refractivity (Wildman–Crippen MR) is 90.7 cm³/mol. The minimum Gasteiger partial charge on any atom is -0.490 e. The van der Waals surface area contributed by atoms with Gasteiger partial charge in [0, 0.05) is 0 Å². The summed E-state index contributed by atoms with van der Waals surface area (Å²) < 4.78 is 11.3. The van der Waals surface area contributed by atoms with Crippen LogP contribution in [-0.4, -0.2) is 13.2 Å². The monoisotopic (exact) mass is 312 g/mol. The Morgan fingerprint density at radius 2 is 1.48 bits per heavy atom. The second-order valence-electron chi connectivity index (χ2n) is 5.31. The fourth-order valence-electron chi connectivity index (χ4n) is 2.69. The minimum atomic E-state index is 0.0415. The minimum absolute atomic E-state index is 0.0415. The third kappa shape index (κ3) is 5.43. The van der Waals surface area contributed by atoms with Gasteiger partial charge >= 0.3 is 0 Å². The van der Waals surface area contributed by atoms with Crippen molar-refractivity contribution in [1.82, 2.24) is 0 Å². The lowest BCUT2D eigenvalue weighted by atomic mass is 9.90. The molecule has 2 nitrogen and oxygen atoms in total. The van der Waals surface area contributed by atoms with Gasteiger partial charge in [-0.3, -0.25) is 0 Å². The van der Waals surface area contributed by atoms with Gasteiger partial charge in [0.25, 0.3) is 0 Å². The number of ether oxygens (including phenoxy) is 2. The highest BCUT2D eigenvalue weighted by Crippen LogP contribution is 2.39. The summed E-state index contributed by atoms with van der Waals surface area (Å²) in [4.78, 5) is 0. The smallest absolute Gasteiger partial charge is 0.161 e. The normalized spacial score (nSPS) is 12.5. The second kappa shape index (κ2) is 9.94. The average Bonchev–Trinajstić information content (AvgIpc) is 2.48. The van der Waals surface area contributed by atoms with E-state index in [1.54, 1.807) is 0 Å². The Bertz CT molecular complexity index is 400. The maximum atomic E-state index is 6.73. The van der Waals surface area contributed by atoms with Crippen LogP contribution in [0, 0.1) is 5.92 Å². The van der Waals surface area contributed by atoms with Crippen LogP contribution in [0.2, 0.25) is 0 Å². The van der Waals surface area contributed by atoms with Crippen molar-refractivity contribution in [2.24, 2.45) is 5.92 Å². The van der Waals surface area contributed by atoms with Crippen molar-refractivity contribution in [1.29, 1.82) is 0 Å². The third-order valence-corrected chi connectivity index (χ3v) is 4.23. The van der Waals surface area contributed by atoms with Crippen molar-refractivity contribution in [3.63, 3.8) is 0 Å². The molecule has 21 heavy (non-hydrogen) atoms. The first kappa shape index (κ1) is 18.2. The predicted octanol–water partition coefficient (Wildman–Crippen LogP) is 5.98. The number of hydrogen-bond donors (Lipinski definition) is 0. The molecular formula is C18H29ClO2. The molecule has 1 unspecified atom stereocenters. The topological polar surface area (TPSA) is 18.5 Å². The summed E-state index contributed by atoms with van der Waals surface area (Å²) in [6.45, 7) is 9.66. The van der Waals surface area contributed by atoms with Crippen LogP contribution in [0.3, 0.4) is 0 Å². The van der Waals surface area contributed by atoms with E-state index in [1.165, 1.54) is 25.7 Å². The van der Waals surface area contributed by atoms with Crippen LogP contribution in [0.4, 0.5) is 0 Å². The third-order valence-electron chi connectivity index (χ3n) is 3.62. The van der Waals surface area contributed by atoms with Gasteiger partial charge in [0.2, 0.25) is 0 Å². The lowest BCUT2D eigenvalue weighted by molar-refractivity contribution is 0.287. The Hall–Kier alpha value is -0.890. The first-order valence-corrected chi connectivity index (χ1v) is 8.65. The van der Waals surface area contributed by atoms with Gasteiger partial charge in [0.1, 0.15) is 0 Å². The molecule has 0 radical (unpaired) electrons. The summed E-state index contributed by atoms with van der Waals surface area (Å²) in [5, 5.41) is 0.0415. The van der Waals surface area contributed by atoms with E-state index in [0.717, 1.165) is 17.1 Å². The Kier molecular flexibility index (Phi) is 8.60. The lowest BCUT2D eigenvalue weighted by Gasteiger charge is -2.23. The summed E-state index contributed by atoms with van der Waals surface area (Å²) >= 11 is 6.73.